The normalized spacial score (nSPS) is 20.2. The zero-order valence-electron chi connectivity index (χ0n) is 26.7. The van der Waals surface area contributed by atoms with Crippen LogP contribution in [0.2, 0.25) is 0 Å². The van der Waals surface area contributed by atoms with Crippen molar-refractivity contribution in [2.75, 3.05) is 33.4 Å². The van der Waals surface area contributed by atoms with Crippen molar-refractivity contribution in [3.8, 4) is 0 Å². The lowest BCUT2D eigenvalue weighted by atomic mass is 9.77. The lowest BCUT2D eigenvalue weighted by molar-refractivity contribution is -0.140. The molecule has 2 saturated heterocycles. The first kappa shape index (κ1) is 33.5. The SMILES string of the molecule is Cc1cc(C(C)N(C)C(=O)N2CCN3C(=O)C(CCO)(CCO)CC3C2c2cn(Cc3ccccc3)nc2C)cc(C(F)(F)F)c1. The third kappa shape index (κ3) is 6.37. The number of aliphatic hydroxyl groups is 2. The summed E-state index contributed by atoms with van der Waals surface area (Å²) in [7, 11) is 1.58. The minimum Gasteiger partial charge on any atom is -0.396 e. The summed E-state index contributed by atoms with van der Waals surface area (Å²) in [4.78, 5) is 33.2. The number of benzene rings is 2. The van der Waals surface area contributed by atoms with Gasteiger partial charge in [0.15, 0.2) is 0 Å². The molecule has 0 radical (unpaired) electrons. The number of hydrogen-bond acceptors (Lipinski definition) is 5. The van der Waals surface area contributed by atoms with Crippen LogP contribution < -0.4 is 0 Å². The second-order valence-corrected chi connectivity index (χ2v) is 12.7. The van der Waals surface area contributed by atoms with Gasteiger partial charge in [-0.2, -0.15) is 18.3 Å². The summed E-state index contributed by atoms with van der Waals surface area (Å²) in [5.41, 5.74) is 1.59. The smallest absolute Gasteiger partial charge is 0.396 e. The van der Waals surface area contributed by atoms with Crippen molar-refractivity contribution >= 4 is 11.9 Å². The third-order valence-corrected chi connectivity index (χ3v) is 9.71. The predicted octanol–water partition coefficient (Wildman–Crippen LogP) is 5.09. The Labute approximate surface area is 267 Å². The van der Waals surface area contributed by atoms with Crippen LogP contribution in [0.15, 0.2) is 54.7 Å². The molecule has 0 saturated carbocycles. The number of aliphatic hydroxyl groups excluding tert-OH is 2. The monoisotopic (exact) mass is 641 g/mol. The molecule has 1 aromatic heterocycles. The molecule has 2 aliphatic rings. The Morgan fingerprint density at radius 2 is 1.76 bits per heavy atom. The first-order chi connectivity index (χ1) is 21.8. The van der Waals surface area contributed by atoms with Gasteiger partial charge in [0.05, 0.1) is 41.3 Å². The molecule has 2 N–H and O–H groups in total. The van der Waals surface area contributed by atoms with E-state index in [4.69, 9.17) is 5.10 Å². The molecule has 9 nitrogen and oxygen atoms in total. The predicted molar refractivity (Wildman–Crippen MR) is 166 cm³/mol. The molecule has 2 fully saturated rings. The van der Waals surface area contributed by atoms with Crippen molar-refractivity contribution in [2.24, 2.45) is 5.41 Å². The van der Waals surface area contributed by atoms with Crippen molar-refractivity contribution in [1.29, 1.82) is 0 Å². The summed E-state index contributed by atoms with van der Waals surface area (Å²) in [5.74, 6) is -0.145. The summed E-state index contributed by atoms with van der Waals surface area (Å²) in [5, 5.41) is 24.6. The van der Waals surface area contributed by atoms with Gasteiger partial charge in [-0.15, -0.1) is 0 Å². The first-order valence-corrected chi connectivity index (χ1v) is 15.6. The topological polar surface area (TPSA) is 102 Å². The van der Waals surface area contributed by atoms with E-state index in [0.717, 1.165) is 23.3 Å². The van der Waals surface area contributed by atoms with Gasteiger partial charge in [0.1, 0.15) is 0 Å². The Balaban J connectivity index is 1.53. The van der Waals surface area contributed by atoms with E-state index in [1.54, 1.807) is 36.8 Å². The molecule has 248 valence electrons. The van der Waals surface area contributed by atoms with Crippen LogP contribution in [0.4, 0.5) is 18.0 Å². The number of halogens is 3. The molecule has 0 spiro atoms. The van der Waals surface area contributed by atoms with Crippen LogP contribution in [0.25, 0.3) is 0 Å². The van der Waals surface area contributed by atoms with Crippen molar-refractivity contribution in [2.45, 2.75) is 70.9 Å². The van der Waals surface area contributed by atoms with Crippen LogP contribution in [-0.4, -0.2) is 86.0 Å². The molecule has 3 amide bonds. The van der Waals surface area contributed by atoms with Gasteiger partial charge in [-0.1, -0.05) is 42.0 Å². The van der Waals surface area contributed by atoms with Gasteiger partial charge < -0.3 is 24.9 Å². The first-order valence-electron chi connectivity index (χ1n) is 15.6. The molecule has 0 aliphatic carbocycles. The maximum Gasteiger partial charge on any atom is 0.416 e. The number of fused-ring (bicyclic) bond motifs is 1. The summed E-state index contributed by atoms with van der Waals surface area (Å²) in [6.45, 7) is 5.68. The van der Waals surface area contributed by atoms with Crippen LogP contribution in [0.5, 0.6) is 0 Å². The Morgan fingerprint density at radius 3 is 2.39 bits per heavy atom. The molecule has 3 atom stereocenters. The minimum absolute atomic E-state index is 0.145. The highest BCUT2D eigenvalue weighted by atomic mass is 19.4. The van der Waals surface area contributed by atoms with Gasteiger partial charge in [0.2, 0.25) is 5.91 Å². The highest BCUT2D eigenvalue weighted by Gasteiger charge is 2.56. The number of alkyl halides is 3. The standard InChI is InChI=1S/C34H42F3N5O4/c1-22-16-26(18-27(17-22)34(35,36)37)24(3)39(4)32(46)42-13-12-41-29(19-33(10-14-43,11-15-44)31(41)45)30(42)28-21-40(38-23(28)2)20-25-8-6-5-7-9-25/h5-9,16-18,21,24,29-30,43-44H,10-15,19-20H2,1-4H3. The number of piperazine rings is 1. The minimum atomic E-state index is -4.52. The van der Waals surface area contributed by atoms with Crippen molar-refractivity contribution in [1.82, 2.24) is 24.5 Å². The number of aromatic nitrogens is 2. The quantitative estimate of drug-likeness (QED) is 0.339. The molecule has 5 rings (SSSR count). The number of nitrogens with zero attached hydrogens (tertiary/aromatic N) is 5. The molecular formula is C34H42F3N5O4. The second kappa shape index (κ2) is 13.1. The fraction of sp³-hybridized carbons (Fsp3) is 0.500. The molecule has 12 heteroatoms. The molecule has 3 unspecified atom stereocenters. The second-order valence-electron chi connectivity index (χ2n) is 12.7. The van der Waals surface area contributed by atoms with Crippen molar-refractivity contribution in [3.63, 3.8) is 0 Å². The van der Waals surface area contributed by atoms with Gasteiger partial charge in [0.25, 0.3) is 0 Å². The number of aryl methyl sites for hydroxylation is 2. The number of carbonyl (C=O) groups excluding carboxylic acids is 2. The lowest BCUT2D eigenvalue weighted by Crippen LogP contribution is -2.57. The van der Waals surface area contributed by atoms with Gasteiger partial charge in [-0.25, -0.2) is 4.79 Å². The van der Waals surface area contributed by atoms with Crippen LogP contribution in [0.1, 0.15) is 71.8 Å². The maximum atomic E-state index is 14.4. The molecule has 0 bridgehead atoms. The van der Waals surface area contributed by atoms with Crippen LogP contribution >= 0.6 is 0 Å². The van der Waals surface area contributed by atoms with E-state index in [0.29, 0.717) is 29.8 Å². The van der Waals surface area contributed by atoms with Gasteiger partial charge >= 0.3 is 12.2 Å². The van der Waals surface area contributed by atoms with Crippen molar-refractivity contribution in [3.05, 3.63) is 88.2 Å². The van der Waals surface area contributed by atoms with Crippen LogP contribution in [-0.2, 0) is 17.5 Å². The maximum absolute atomic E-state index is 14.4. The average molecular weight is 642 g/mol. The largest absolute Gasteiger partial charge is 0.416 e. The number of urea groups is 1. The van der Waals surface area contributed by atoms with E-state index in [1.807, 2.05) is 48.1 Å². The van der Waals surface area contributed by atoms with E-state index >= 15 is 0 Å². The molecule has 46 heavy (non-hydrogen) atoms. The summed E-state index contributed by atoms with van der Waals surface area (Å²) >= 11 is 0. The van der Waals surface area contributed by atoms with E-state index in [2.05, 4.69) is 0 Å². The van der Waals surface area contributed by atoms with Crippen molar-refractivity contribution < 1.29 is 33.0 Å². The fourth-order valence-electron chi connectivity index (χ4n) is 7.21. The van der Waals surface area contributed by atoms with E-state index in [-0.39, 0.29) is 51.1 Å². The Hall–Kier alpha value is -3.90. The molecule has 2 aromatic carbocycles. The number of amides is 3. The zero-order chi connectivity index (χ0) is 33.4. The van der Waals surface area contributed by atoms with Gasteiger partial charge in [-0.3, -0.25) is 9.48 Å². The van der Waals surface area contributed by atoms with Gasteiger partial charge in [-0.05, 0) is 63.3 Å². The van der Waals surface area contributed by atoms with E-state index in [1.165, 1.54) is 4.90 Å². The third-order valence-electron chi connectivity index (χ3n) is 9.71. The molecule has 3 aromatic rings. The zero-order valence-corrected chi connectivity index (χ0v) is 26.7. The lowest BCUT2D eigenvalue weighted by Gasteiger charge is -2.46. The number of rotatable bonds is 9. The Bertz CT molecular complexity index is 1550. The molecule has 3 heterocycles. The van der Waals surface area contributed by atoms with Gasteiger partial charge in [0, 0.05) is 45.1 Å². The molecular weight excluding hydrogens is 599 g/mol. The summed E-state index contributed by atoms with van der Waals surface area (Å²) < 4.78 is 42.8. The Morgan fingerprint density at radius 1 is 1.09 bits per heavy atom. The summed E-state index contributed by atoms with van der Waals surface area (Å²) in [6, 6.07) is 11.5. The van der Waals surface area contributed by atoms with E-state index in [9.17, 15) is 33.0 Å². The molecule has 2 aliphatic heterocycles. The highest BCUT2D eigenvalue weighted by molar-refractivity contribution is 5.86. The highest BCUT2D eigenvalue weighted by Crippen LogP contribution is 2.49. The average Bonchev–Trinajstić information content (AvgIpc) is 3.51. The van der Waals surface area contributed by atoms with Crippen LogP contribution in [0.3, 0.4) is 0 Å². The fourth-order valence-corrected chi connectivity index (χ4v) is 7.21. The Kier molecular flexibility index (Phi) is 9.51. The van der Waals surface area contributed by atoms with Crippen LogP contribution in [0, 0.1) is 19.3 Å². The number of carbonyl (C=O) groups is 2. The van der Waals surface area contributed by atoms with E-state index < -0.39 is 35.3 Å². The summed E-state index contributed by atoms with van der Waals surface area (Å²) in [6.07, 6.45) is -1.90. The number of hydrogen-bond donors (Lipinski definition) is 2.